The zero-order chi connectivity index (χ0) is 10.1. The van der Waals surface area contributed by atoms with Crippen molar-refractivity contribution in [3.05, 3.63) is 30.1 Å². The van der Waals surface area contributed by atoms with Crippen molar-refractivity contribution in [1.29, 1.82) is 0 Å². The molecular weight excluding hydrogens is 180 g/mol. The SMILES string of the molecule is CN(C)C(=O)[C@@H]1O[C@H]1c1cccnc1. The van der Waals surface area contributed by atoms with Gasteiger partial charge in [-0.3, -0.25) is 9.78 Å². The summed E-state index contributed by atoms with van der Waals surface area (Å²) < 4.78 is 5.29. The summed E-state index contributed by atoms with van der Waals surface area (Å²) in [6.45, 7) is 0. The smallest absolute Gasteiger partial charge is 0.254 e. The molecule has 4 nitrogen and oxygen atoms in total. The van der Waals surface area contributed by atoms with Gasteiger partial charge in [-0.15, -0.1) is 0 Å². The first-order chi connectivity index (χ1) is 6.70. The third kappa shape index (κ3) is 1.61. The second-order valence-corrected chi connectivity index (χ2v) is 3.50. The van der Waals surface area contributed by atoms with Gasteiger partial charge in [-0.1, -0.05) is 6.07 Å². The molecule has 1 aromatic rings. The maximum Gasteiger partial charge on any atom is 0.254 e. The lowest BCUT2D eigenvalue weighted by Crippen LogP contribution is -2.26. The van der Waals surface area contributed by atoms with Gasteiger partial charge in [0.15, 0.2) is 6.10 Å². The van der Waals surface area contributed by atoms with E-state index in [0.717, 1.165) is 5.56 Å². The Bertz CT molecular complexity index is 337. The first kappa shape index (κ1) is 9.15. The molecule has 0 saturated carbocycles. The highest BCUT2D eigenvalue weighted by Gasteiger charge is 2.46. The lowest BCUT2D eigenvalue weighted by Gasteiger charge is -2.06. The molecule has 14 heavy (non-hydrogen) atoms. The quantitative estimate of drug-likeness (QED) is 0.645. The second kappa shape index (κ2) is 3.38. The Morgan fingerprint density at radius 3 is 2.93 bits per heavy atom. The van der Waals surface area contributed by atoms with E-state index in [1.54, 1.807) is 31.4 Å². The zero-order valence-corrected chi connectivity index (χ0v) is 8.18. The van der Waals surface area contributed by atoms with Crippen molar-refractivity contribution < 1.29 is 9.53 Å². The Morgan fingerprint density at radius 1 is 1.57 bits per heavy atom. The van der Waals surface area contributed by atoms with Crippen LogP contribution in [0.25, 0.3) is 0 Å². The number of aromatic nitrogens is 1. The van der Waals surface area contributed by atoms with Crippen LogP contribution in [0.2, 0.25) is 0 Å². The van der Waals surface area contributed by atoms with Gasteiger partial charge in [-0.2, -0.15) is 0 Å². The summed E-state index contributed by atoms with van der Waals surface area (Å²) >= 11 is 0. The fraction of sp³-hybridized carbons (Fsp3) is 0.400. The number of hydrogen-bond donors (Lipinski definition) is 0. The van der Waals surface area contributed by atoms with Crippen LogP contribution >= 0.6 is 0 Å². The largest absolute Gasteiger partial charge is 0.354 e. The minimum atomic E-state index is -0.311. The van der Waals surface area contributed by atoms with Gasteiger partial charge in [-0.05, 0) is 6.07 Å². The van der Waals surface area contributed by atoms with E-state index in [1.807, 2.05) is 12.1 Å². The van der Waals surface area contributed by atoms with E-state index in [9.17, 15) is 4.79 Å². The van der Waals surface area contributed by atoms with Crippen molar-refractivity contribution in [3.8, 4) is 0 Å². The van der Waals surface area contributed by atoms with Crippen LogP contribution in [0.3, 0.4) is 0 Å². The summed E-state index contributed by atoms with van der Waals surface area (Å²) in [5.74, 6) is 0.0128. The van der Waals surface area contributed by atoms with E-state index in [4.69, 9.17) is 4.74 Å². The highest BCUT2D eigenvalue weighted by Crippen LogP contribution is 2.38. The zero-order valence-electron chi connectivity index (χ0n) is 8.18. The van der Waals surface area contributed by atoms with E-state index in [2.05, 4.69) is 4.98 Å². The first-order valence-corrected chi connectivity index (χ1v) is 4.46. The average molecular weight is 192 g/mol. The van der Waals surface area contributed by atoms with Gasteiger partial charge in [0, 0.05) is 32.1 Å². The van der Waals surface area contributed by atoms with Gasteiger partial charge in [0.2, 0.25) is 0 Å². The van der Waals surface area contributed by atoms with Crippen LogP contribution in [-0.2, 0) is 9.53 Å². The molecule has 1 aromatic heterocycles. The molecule has 0 aliphatic carbocycles. The molecule has 1 saturated heterocycles. The fourth-order valence-corrected chi connectivity index (χ4v) is 1.35. The number of carbonyl (C=O) groups excluding carboxylic acids is 1. The van der Waals surface area contributed by atoms with E-state index in [-0.39, 0.29) is 18.1 Å². The molecule has 2 atom stereocenters. The highest BCUT2D eigenvalue weighted by molar-refractivity contribution is 5.83. The van der Waals surface area contributed by atoms with E-state index >= 15 is 0 Å². The van der Waals surface area contributed by atoms with Crippen LogP contribution in [0.5, 0.6) is 0 Å². The Hall–Kier alpha value is -1.42. The number of carbonyl (C=O) groups is 1. The van der Waals surface area contributed by atoms with Crippen LogP contribution in [-0.4, -0.2) is 36.0 Å². The molecule has 0 spiro atoms. The van der Waals surface area contributed by atoms with Crippen molar-refractivity contribution in [2.75, 3.05) is 14.1 Å². The Morgan fingerprint density at radius 2 is 2.36 bits per heavy atom. The standard InChI is InChI=1S/C10H12N2O2/c1-12(2)10(13)9-8(14-9)7-4-3-5-11-6-7/h3-6,8-9H,1-2H3/t8-,9+/m0/s1. The molecule has 0 unspecified atom stereocenters. The number of likely N-dealkylation sites (N-methyl/N-ethyl adjacent to an activating group) is 1. The fourth-order valence-electron chi connectivity index (χ4n) is 1.35. The van der Waals surface area contributed by atoms with Gasteiger partial charge in [0.05, 0.1) is 0 Å². The average Bonchev–Trinajstić information content (AvgIpc) is 2.97. The van der Waals surface area contributed by atoms with Crippen molar-refractivity contribution in [2.45, 2.75) is 12.2 Å². The minimum Gasteiger partial charge on any atom is -0.354 e. The van der Waals surface area contributed by atoms with Gasteiger partial charge < -0.3 is 9.64 Å². The van der Waals surface area contributed by atoms with Gasteiger partial charge in [0.25, 0.3) is 5.91 Å². The van der Waals surface area contributed by atoms with Crippen molar-refractivity contribution in [2.24, 2.45) is 0 Å². The Kier molecular flexibility index (Phi) is 2.21. The molecule has 1 aliphatic rings. The maximum absolute atomic E-state index is 11.5. The number of pyridine rings is 1. The molecule has 1 amide bonds. The predicted octanol–water partition coefficient (Wildman–Crippen LogP) is 0.610. The number of nitrogens with zero attached hydrogens (tertiary/aromatic N) is 2. The molecule has 0 radical (unpaired) electrons. The van der Waals surface area contributed by atoms with Crippen LogP contribution in [0.4, 0.5) is 0 Å². The molecule has 2 rings (SSSR count). The Balaban J connectivity index is 2.03. The van der Waals surface area contributed by atoms with Crippen molar-refractivity contribution >= 4 is 5.91 Å². The van der Waals surface area contributed by atoms with Crippen molar-refractivity contribution in [3.63, 3.8) is 0 Å². The van der Waals surface area contributed by atoms with E-state index < -0.39 is 0 Å². The summed E-state index contributed by atoms with van der Waals surface area (Å²) in [5, 5.41) is 0. The van der Waals surface area contributed by atoms with Crippen LogP contribution < -0.4 is 0 Å². The Labute approximate surface area is 82.5 Å². The van der Waals surface area contributed by atoms with Gasteiger partial charge >= 0.3 is 0 Å². The molecule has 0 N–H and O–H groups in total. The second-order valence-electron chi connectivity index (χ2n) is 3.50. The van der Waals surface area contributed by atoms with Gasteiger partial charge in [-0.25, -0.2) is 0 Å². The number of rotatable bonds is 2. The first-order valence-electron chi connectivity index (χ1n) is 4.46. The van der Waals surface area contributed by atoms with Crippen LogP contribution in [0.15, 0.2) is 24.5 Å². The summed E-state index contributed by atoms with van der Waals surface area (Å²) in [4.78, 5) is 17.0. The normalized spacial score (nSPS) is 24.4. The molecular formula is C10H12N2O2. The minimum absolute atomic E-state index is 0.0128. The monoisotopic (exact) mass is 192 g/mol. The summed E-state index contributed by atoms with van der Waals surface area (Å²) in [6, 6.07) is 3.76. The van der Waals surface area contributed by atoms with E-state index in [1.165, 1.54) is 0 Å². The van der Waals surface area contributed by atoms with E-state index in [0.29, 0.717) is 0 Å². The molecule has 4 heteroatoms. The predicted molar refractivity (Wildman–Crippen MR) is 50.5 cm³/mol. The molecule has 0 aromatic carbocycles. The van der Waals surface area contributed by atoms with Crippen molar-refractivity contribution in [1.82, 2.24) is 9.88 Å². The highest BCUT2D eigenvalue weighted by atomic mass is 16.6. The lowest BCUT2D eigenvalue weighted by molar-refractivity contribution is -0.129. The molecule has 1 fully saturated rings. The molecule has 74 valence electrons. The van der Waals surface area contributed by atoms with Crippen LogP contribution in [0.1, 0.15) is 11.7 Å². The summed E-state index contributed by atoms with van der Waals surface area (Å²) in [5.41, 5.74) is 0.965. The molecule has 2 heterocycles. The number of epoxide rings is 1. The third-order valence-corrected chi connectivity index (χ3v) is 2.19. The molecule has 0 bridgehead atoms. The topological polar surface area (TPSA) is 45.7 Å². The number of amides is 1. The summed E-state index contributed by atoms with van der Waals surface area (Å²) in [6.07, 6.45) is 3.02. The third-order valence-electron chi connectivity index (χ3n) is 2.19. The maximum atomic E-state index is 11.5. The van der Waals surface area contributed by atoms with Crippen LogP contribution in [0, 0.1) is 0 Å². The lowest BCUT2D eigenvalue weighted by atomic mass is 10.1. The molecule has 1 aliphatic heterocycles. The number of hydrogen-bond acceptors (Lipinski definition) is 3. The summed E-state index contributed by atoms with van der Waals surface area (Å²) in [7, 11) is 3.45. The van der Waals surface area contributed by atoms with Gasteiger partial charge in [0.1, 0.15) is 6.10 Å². The number of ether oxygens (including phenoxy) is 1.